The van der Waals surface area contributed by atoms with Gasteiger partial charge in [0.2, 0.25) is 0 Å². The lowest BCUT2D eigenvalue weighted by atomic mass is 9.75. The Morgan fingerprint density at radius 3 is 2.79 bits per heavy atom. The van der Waals surface area contributed by atoms with Gasteiger partial charge in [0.05, 0.1) is 11.8 Å². The summed E-state index contributed by atoms with van der Waals surface area (Å²) in [5, 5.41) is 10.0. The molecule has 3 N–H and O–H groups in total. The number of carboxylic acid groups (broad SMARTS) is 1. The maximum Gasteiger partial charge on any atom is 0.303 e. The molecule has 0 saturated carbocycles. The zero-order valence-corrected chi connectivity index (χ0v) is 25.9. The monoisotopic (exact) mass is 636 g/mol. The van der Waals surface area contributed by atoms with Gasteiger partial charge in [0, 0.05) is 65.3 Å². The number of nitrogens with zero attached hydrogens (tertiary/aromatic N) is 2. The highest BCUT2D eigenvalue weighted by atomic mass is 19.1. The van der Waals surface area contributed by atoms with Crippen LogP contribution in [0.5, 0.6) is 11.5 Å². The van der Waals surface area contributed by atoms with Crippen molar-refractivity contribution >= 4 is 16.9 Å². The molecule has 1 unspecified atom stereocenters. The van der Waals surface area contributed by atoms with Crippen LogP contribution in [-0.2, 0) is 29.5 Å². The van der Waals surface area contributed by atoms with Crippen LogP contribution in [0.1, 0.15) is 73.1 Å². The van der Waals surface area contributed by atoms with Crippen molar-refractivity contribution < 1.29 is 27.8 Å². The Morgan fingerprint density at radius 2 is 1.91 bits per heavy atom. The smallest absolute Gasteiger partial charge is 0.303 e. The Kier molecular flexibility index (Phi) is 8.09. The Morgan fingerprint density at radius 1 is 1.02 bits per heavy atom. The normalized spacial score (nSPS) is 16.9. The summed E-state index contributed by atoms with van der Waals surface area (Å²) in [6.07, 6.45) is 9.95. The number of aliphatic carboxylic acids is 1. The highest BCUT2D eigenvalue weighted by molar-refractivity contribution is 5.86. The summed E-state index contributed by atoms with van der Waals surface area (Å²) in [5.41, 5.74) is 3.62. The van der Waals surface area contributed by atoms with Gasteiger partial charge in [0.25, 0.3) is 0 Å². The molecule has 0 aliphatic carbocycles. The number of aryl methyl sites for hydroxylation is 2. The largest absolute Gasteiger partial charge is 0.481 e. The summed E-state index contributed by atoms with van der Waals surface area (Å²) in [5.74, 6) is -0.0934. The van der Waals surface area contributed by atoms with Gasteiger partial charge < -0.3 is 24.2 Å². The number of hydrogen-bond acceptors (Lipinski definition) is 5. The second-order valence-corrected chi connectivity index (χ2v) is 12.4. The molecule has 240 valence electrons. The van der Waals surface area contributed by atoms with Crippen LogP contribution in [0, 0.1) is 11.6 Å². The molecule has 0 amide bonds. The van der Waals surface area contributed by atoms with Gasteiger partial charge in [0.1, 0.15) is 23.2 Å². The first-order chi connectivity index (χ1) is 22.8. The molecule has 1 aliphatic heterocycles. The first kappa shape index (κ1) is 30.4. The van der Waals surface area contributed by atoms with E-state index in [4.69, 9.17) is 9.15 Å². The number of carboxylic acids is 1. The number of imidazole rings is 1. The van der Waals surface area contributed by atoms with E-state index in [0.29, 0.717) is 41.4 Å². The van der Waals surface area contributed by atoms with Crippen LogP contribution >= 0.6 is 0 Å². The highest BCUT2D eigenvalue weighted by Gasteiger charge is 2.31. The maximum absolute atomic E-state index is 15.6. The van der Waals surface area contributed by atoms with E-state index in [2.05, 4.69) is 32.9 Å². The first-order valence-corrected chi connectivity index (χ1v) is 15.8. The summed E-state index contributed by atoms with van der Waals surface area (Å²) in [6.45, 7) is 2.13. The highest BCUT2D eigenvalue weighted by Crippen LogP contribution is 2.40. The Bertz CT molecular complexity index is 2080. The van der Waals surface area contributed by atoms with Crippen LogP contribution in [0.4, 0.5) is 8.78 Å². The quantitative estimate of drug-likeness (QED) is 0.178. The van der Waals surface area contributed by atoms with Crippen LogP contribution in [0.15, 0.2) is 77.6 Å². The van der Waals surface area contributed by atoms with Gasteiger partial charge in [-0.25, -0.2) is 18.7 Å². The van der Waals surface area contributed by atoms with Crippen LogP contribution in [0.3, 0.4) is 0 Å². The van der Waals surface area contributed by atoms with Crippen molar-refractivity contribution in [2.45, 2.75) is 63.7 Å². The number of rotatable bonds is 4. The second-order valence-electron chi connectivity index (χ2n) is 12.4. The molecule has 4 heterocycles. The van der Waals surface area contributed by atoms with Gasteiger partial charge in [-0.15, -0.1) is 0 Å². The maximum atomic E-state index is 15.6. The third-order valence-electron chi connectivity index (χ3n) is 9.16. The van der Waals surface area contributed by atoms with E-state index >= 15 is 8.78 Å². The summed E-state index contributed by atoms with van der Waals surface area (Å²) in [4.78, 5) is 26.8. The van der Waals surface area contributed by atoms with Gasteiger partial charge in [-0.1, -0.05) is 37.1 Å². The number of fused-ring (bicyclic) bond motifs is 10. The van der Waals surface area contributed by atoms with Crippen molar-refractivity contribution in [3.8, 4) is 22.9 Å². The molecule has 10 heteroatoms. The van der Waals surface area contributed by atoms with E-state index in [1.807, 2.05) is 24.3 Å². The van der Waals surface area contributed by atoms with Gasteiger partial charge in [0.15, 0.2) is 17.5 Å². The number of H-pyrrole nitrogens is 2. The molecule has 0 spiro atoms. The van der Waals surface area contributed by atoms with E-state index in [-0.39, 0.29) is 29.9 Å². The summed E-state index contributed by atoms with van der Waals surface area (Å²) >= 11 is 0. The zero-order chi connectivity index (χ0) is 32.5. The molecule has 0 fully saturated rings. The van der Waals surface area contributed by atoms with Crippen LogP contribution in [0.25, 0.3) is 22.3 Å². The van der Waals surface area contributed by atoms with E-state index < -0.39 is 23.0 Å². The molecule has 47 heavy (non-hydrogen) atoms. The number of aromatic amines is 2. The standard InChI is InChI=1S/C37H34F2N4O4/c1-37(23-7-5-6-22(16-23)9-12-34(44)45)14-4-2-3-8-33-41-20-25(46-33)18-27-26-13-15-40-31(26)19-30(39)35(27)47-24-10-11-29(38)28(17-24)36-42-21-32(37)43-36/h5-7,10-11,13,15-17,19-21,40H,2-4,8-9,12,14,18H2,1H3,(H,42,43)(H,44,45). The molecule has 3 aromatic heterocycles. The van der Waals surface area contributed by atoms with Crippen molar-refractivity contribution in [2.24, 2.45) is 0 Å². The van der Waals surface area contributed by atoms with Crippen molar-refractivity contribution in [3.05, 3.63) is 119 Å². The predicted molar refractivity (Wildman–Crippen MR) is 173 cm³/mol. The molecule has 3 aromatic carbocycles. The van der Waals surface area contributed by atoms with Crippen LogP contribution in [-0.4, -0.2) is 31.0 Å². The lowest BCUT2D eigenvalue weighted by Gasteiger charge is -2.30. The minimum absolute atomic E-state index is 0.0287. The molecular formula is C37H34F2N4O4. The first-order valence-electron chi connectivity index (χ1n) is 15.8. The van der Waals surface area contributed by atoms with Crippen molar-refractivity contribution in [1.82, 2.24) is 19.9 Å². The fourth-order valence-electron chi connectivity index (χ4n) is 6.52. The van der Waals surface area contributed by atoms with Gasteiger partial charge in [-0.2, -0.15) is 0 Å². The van der Waals surface area contributed by atoms with E-state index in [1.54, 1.807) is 18.6 Å². The topological polar surface area (TPSA) is 117 Å². The Labute approximate surface area is 269 Å². The van der Waals surface area contributed by atoms with Gasteiger partial charge >= 0.3 is 5.97 Å². The molecule has 0 radical (unpaired) electrons. The minimum atomic E-state index is -0.845. The van der Waals surface area contributed by atoms with Crippen LogP contribution < -0.4 is 4.74 Å². The molecule has 6 bridgehead atoms. The van der Waals surface area contributed by atoms with Crippen molar-refractivity contribution in [1.29, 1.82) is 0 Å². The third-order valence-corrected chi connectivity index (χ3v) is 9.16. The summed E-state index contributed by atoms with van der Waals surface area (Å²) in [6, 6.07) is 15.5. The number of aromatic nitrogens is 4. The molecule has 1 atom stereocenters. The molecule has 8 nitrogen and oxygen atoms in total. The molecule has 0 saturated heterocycles. The minimum Gasteiger partial charge on any atom is -0.481 e. The average Bonchev–Trinajstić information content (AvgIpc) is 3.84. The molecule has 6 aromatic rings. The van der Waals surface area contributed by atoms with Gasteiger partial charge in [-0.3, -0.25) is 4.79 Å². The number of nitrogens with one attached hydrogen (secondary N) is 2. The number of oxazole rings is 1. The second kappa shape index (κ2) is 12.5. The van der Waals surface area contributed by atoms with Crippen molar-refractivity contribution in [3.63, 3.8) is 0 Å². The van der Waals surface area contributed by atoms with E-state index in [0.717, 1.165) is 47.9 Å². The average molecular weight is 637 g/mol. The SMILES string of the molecule is CC1(c2cccc(CCC(=O)O)c2)CCCCCc2ncc(o2)Cc2c(c(F)cc3[nH]ccc23)Oc2ccc(F)c(c2)-c2ncc1[nH]2. The summed E-state index contributed by atoms with van der Waals surface area (Å²) in [7, 11) is 0. The van der Waals surface area contributed by atoms with Crippen molar-refractivity contribution in [2.75, 3.05) is 0 Å². The number of hydrogen-bond donors (Lipinski definition) is 3. The number of benzene rings is 3. The number of ether oxygens (including phenoxy) is 1. The predicted octanol–water partition coefficient (Wildman–Crippen LogP) is 8.65. The van der Waals surface area contributed by atoms with Gasteiger partial charge in [-0.05, 0) is 61.6 Å². The summed E-state index contributed by atoms with van der Waals surface area (Å²) < 4.78 is 43.3. The van der Waals surface area contributed by atoms with Crippen LogP contribution in [0.2, 0.25) is 0 Å². The fourth-order valence-corrected chi connectivity index (χ4v) is 6.52. The zero-order valence-electron chi connectivity index (χ0n) is 25.9. The molecular weight excluding hydrogens is 602 g/mol. The fraction of sp³-hybridized carbons (Fsp3) is 0.270. The number of halogens is 2. The lowest BCUT2D eigenvalue weighted by molar-refractivity contribution is -0.136. The third kappa shape index (κ3) is 6.15. The van der Waals surface area contributed by atoms with E-state index in [9.17, 15) is 9.90 Å². The number of carbonyl (C=O) groups is 1. The lowest BCUT2D eigenvalue weighted by Crippen LogP contribution is -2.24. The molecule has 7 rings (SSSR count). The molecule has 1 aliphatic rings. The Balaban J connectivity index is 1.31. The van der Waals surface area contributed by atoms with E-state index in [1.165, 1.54) is 24.3 Å². The Hall–Kier alpha value is -5.25.